The van der Waals surface area contributed by atoms with Gasteiger partial charge in [0.1, 0.15) is 0 Å². The van der Waals surface area contributed by atoms with E-state index in [1.165, 1.54) is 0 Å². The summed E-state index contributed by atoms with van der Waals surface area (Å²) in [4.78, 5) is 0. The standard InChI is InChI=1S/C10H15F2N/c1-9(2,7-13)5-8-3-4-10(11,12)6-8/h8H,3-6H2,1-2H3. The molecule has 13 heavy (non-hydrogen) atoms. The third kappa shape index (κ3) is 2.95. The first kappa shape index (κ1) is 10.4. The molecule has 1 aliphatic rings. The third-order valence-corrected chi connectivity index (χ3v) is 2.61. The molecule has 1 atom stereocenters. The third-order valence-electron chi connectivity index (χ3n) is 2.61. The normalized spacial score (nSPS) is 27.2. The Bertz CT molecular complexity index is 228. The van der Waals surface area contributed by atoms with Gasteiger partial charge < -0.3 is 0 Å². The maximum absolute atomic E-state index is 12.8. The van der Waals surface area contributed by atoms with Gasteiger partial charge in [0.05, 0.1) is 11.5 Å². The molecule has 0 aromatic rings. The van der Waals surface area contributed by atoms with Crippen LogP contribution in [0.1, 0.15) is 39.5 Å². The van der Waals surface area contributed by atoms with Crippen molar-refractivity contribution in [1.82, 2.24) is 0 Å². The Morgan fingerprint density at radius 2 is 2.15 bits per heavy atom. The summed E-state index contributed by atoms with van der Waals surface area (Å²) in [5.41, 5.74) is -0.453. The van der Waals surface area contributed by atoms with Gasteiger partial charge >= 0.3 is 0 Å². The summed E-state index contributed by atoms with van der Waals surface area (Å²) < 4.78 is 25.6. The van der Waals surface area contributed by atoms with Crippen molar-refractivity contribution >= 4 is 0 Å². The molecule has 1 unspecified atom stereocenters. The van der Waals surface area contributed by atoms with Crippen molar-refractivity contribution < 1.29 is 8.78 Å². The molecule has 0 amide bonds. The van der Waals surface area contributed by atoms with Crippen LogP contribution in [0.25, 0.3) is 0 Å². The number of nitrogens with zero attached hydrogens (tertiary/aromatic N) is 1. The molecule has 0 saturated heterocycles. The van der Waals surface area contributed by atoms with E-state index >= 15 is 0 Å². The maximum atomic E-state index is 12.8. The fourth-order valence-corrected chi connectivity index (χ4v) is 1.98. The summed E-state index contributed by atoms with van der Waals surface area (Å²) in [6, 6.07) is 2.15. The summed E-state index contributed by atoms with van der Waals surface area (Å²) in [5.74, 6) is -2.44. The molecule has 1 fully saturated rings. The van der Waals surface area contributed by atoms with Crippen molar-refractivity contribution in [1.29, 1.82) is 5.26 Å². The minimum atomic E-state index is -2.48. The Balaban J connectivity index is 2.46. The van der Waals surface area contributed by atoms with E-state index in [9.17, 15) is 8.78 Å². The molecule has 0 aromatic carbocycles. The van der Waals surface area contributed by atoms with E-state index in [4.69, 9.17) is 5.26 Å². The molecule has 1 nitrogen and oxygen atoms in total. The number of halogens is 2. The van der Waals surface area contributed by atoms with Crippen LogP contribution in [0.4, 0.5) is 8.78 Å². The molecule has 3 heteroatoms. The predicted molar refractivity (Wildman–Crippen MR) is 46.3 cm³/mol. The summed E-state index contributed by atoms with van der Waals surface area (Å²) in [5, 5.41) is 8.75. The smallest absolute Gasteiger partial charge is 0.207 e. The highest BCUT2D eigenvalue weighted by Gasteiger charge is 2.41. The molecule has 0 aromatic heterocycles. The van der Waals surface area contributed by atoms with Crippen molar-refractivity contribution in [2.45, 2.75) is 45.5 Å². The Hall–Kier alpha value is -0.650. The van der Waals surface area contributed by atoms with E-state index in [0.717, 1.165) is 0 Å². The maximum Gasteiger partial charge on any atom is 0.248 e. The second-order valence-corrected chi connectivity index (χ2v) is 4.66. The van der Waals surface area contributed by atoms with Crippen LogP contribution in [0.15, 0.2) is 0 Å². The summed E-state index contributed by atoms with van der Waals surface area (Å²) in [6.45, 7) is 3.62. The quantitative estimate of drug-likeness (QED) is 0.650. The van der Waals surface area contributed by atoms with E-state index in [2.05, 4.69) is 6.07 Å². The largest absolute Gasteiger partial charge is 0.248 e. The molecule has 0 aliphatic heterocycles. The lowest BCUT2D eigenvalue weighted by molar-refractivity contribution is 0.00377. The molecule has 0 spiro atoms. The monoisotopic (exact) mass is 187 g/mol. The first-order valence-electron chi connectivity index (χ1n) is 4.64. The second-order valence-electron chi connectivity index (χ2n) is 4.66. The van der Waals surface area contributed by atoms with Crippen LogP contribution < -0.4 is 0 Å². The van der Waals surface area contributed by atoms with Gasteiger partial charge in [0, 0.05) is 12.8 Å². The zero-order valence-electron chi connectivity index (χ0n) is 8.11. The highest BCUT2D eigenvalue weighted by molar-refractivity contribution is 4.95. The van der Waals surface area contributed by atoms with Crippen LogP contribution in [0.5, 0.6) is 0 Å². The molecule has 1 aliphatic carbocycles. The fourth-order valence-electron chi connectivity index (χ4n) is 1.98. The van der Waals surface area contributed by atoms with Gasteiger partial charge in [-0.25, -0.2) is 8.78 Å². The Labute approximate surface area is 77.7 Å². The fraction of sp³-hybridized carbons (Fsp3) is 0.900. The molecule has 0 heterocycles. The van der Waals surface area contributed by atoms with Crippen molar-refractivity contribution in [2.75, 3.05) is 0 Å². The van der Waals surface area contributed by atoms with Crippen molar-refractivity contribution in [2.24, 2.45) is 11.3 Å². The molecule has 1 saturated carbocycles. The van der Waals surface area contributed by atoms with E-state index in [-0.39, 0.29) is 18.8 Å². The van der Waals surface area contributed by atoms with Crippen LogP contribution in [-0.4, -0.2) is 5.92 Å². The van der Waals surface area contributed by atoms with Crippen molar-refractivity contribution in [3.05, 3.63) is 0 Å². The van der Waals surface area contributed by atoms with E-state index in [0.29, 0.717) is 12.8 Å². The average Bonchev–Trinajstić information content (AvgIpc) is 2.29. The summed E-state index contributed by atoms with van der Waals surface area (Å²) >= 11 is 0. The SMILES string of the molecule is CC(C)(C#N)CC1CCC(F)(F)C1. The van der Waals surface area contributed by atoms with Crippen LogP contribution in [0.3, 0.4) is 0 Å². The van der Waals surface area contributed by atoms with Crippen LogP contribution >= 0.6 is 0 Å². The van der Waals surface area contributed by atoms with E-state index < -0.39 is 11.3 Å². The van der Waals surface area contributed by atoms with Crippen molar-refractivity contribution in [3.63, 3.8) is 0 Å². The zero-order valence-corrected chi connectivity index (χ0v) is 8.11. The lowest BCUT2D eigenvalue weighted by atomic mass is 9.83. The Morgan fingerprint density at radius 1 is 1.54 bits per heavy atom. The van der Waals surface area contributed by atoms with Gasteiger partial charge in [-0.1, -0.05) is 0 Å². The summed E-state index contributed by atoms with van der Waals surface area (Å²) in [6.07, 6.45) is 1.13. The molecule has 1 rings (SSSR count). The van der Waals surface area contributed by atoms with Crippen LogP contribution in [0, 0.1) is 22.7 Å². The molecular weight excluding hydrogens is 172 g/mol. The predicted octanol–water partition coefficient (Wildman–Crippen LogP) is 3.36. The summed E-state index contributed by atoms with van der Waals surface area (Å²) in [7, 11) is 0. The molecular formula is C10H15F2N. The number of hydrogen-bond donors (Lipinski definition) is 0. The average molecular weight is 187 g/mol. The first-order valence-corrected chi connectivity index (χ1v) is 4.64. The van der Waals surface area contributed by atoms with Gasteiger partial charge in [0.15, 0.2) is 0 Å². The zero-order chi connectivity index (χ0) is 10.1. The number of rotatable bonds is 2. The number of hydrogen-bond acceptors (Lipinski definition) is 1. The minimum Gasteiger partial charge on any atom is -0.207 e. The molecule has 0 radical (unpaired) electrons. The van der Waals surface area contributed by atoms with Crippen LogP contribution in [-0.2, 0) is 0 Å². The number of nitriles is 1. The van der Waals surface area contributed by atoms with Gasteiger partial charge in [-0.15, -0.1) is 0 Å². The highest BCUT2D eigenvalue weighted by atomic mass is 19.3. The lowest BCUT2D eigenvalue weighted by Gasteiger charge is -2.19. The van der Waals surface area contributed by atoms with Gasteiger partial charge in [-0.3, -0.25) is 0 Å². The van der Waals surface area contributed by atoms with Gasteiger partial charge in [-0.2, -0.15) is 5.26 Å². The highest BCUT2D eigenvalue weighted by Crippen LogP contribution is 2.43. The number of alkyl halides is 2. The van der Waals surface area contributed by atoms with E-state index in [1.54, 1.807) is 0 Å². The van der Waals surface area contributed by atoms with Crippen LogP contribution in [0.2, 0.25) is 0 Å². The topological polar surface area (TPSA) is 23.8 Å². The second kappa shape index (κ2) is 3.25. The first-order chi connectivity index (χ1) is 5.85. The molecule has 0 bridgehead atoms. The van der Waals surface area contributed by atoms with Crippen molar-refractivity contribution in [3.8, 4) is 6.07 Å². The van der Waals surface area contributed by atoms with E-state index in [1.807, 2.05) is 13.8 Å². The Morgan fingerprint density at radius 3 is 2.54 bits per heavy atom. The molecule has 0 N–H and O–H groups in total. The van der Waals surface area contributed by atoms with Gasteiger partial charge in [-0.05, 0) is 32.6 Å². The molecule has 74 valence electrons. The lowest BCUT2D eigenvalue weighted by Crippen LogP contribution is -2.15. The van der Waals surface area contributed by atoms with Gasteiger partial charge in [0.2, 0.25) is 5.92 Å². The van der Waals surface area contributed by atoms with Gasteiger partial charge in [0.25, 0.3) is 0 Å². The minimum absolute atomic E-state index is 0.000818. The Kier molecular flexibility index (Phi) is 2.61.